The van der Waals surface area contributed by atoms with Gasteiger partial charge in [-0.2, -0.15) is 0 Å². The highest BCUT2D eigenvalue weighted by molar-refractivity contribution is 7.07. The summed E-state index contributed by atoms with van der Waals surface area (Å²) >= 11 is 1.37. The third kappa shape index (κ3) is 2.97. The Kier molecular flexibility index (Phi) is 3.91. The van der Waals surface area contributed by atoms with Gasteiger partial charge in [-0.1, -0.05) is 0 Å². The van der Waals surface area contributed by atoms with Crippen molar-refractivity contribution in [3.63, 3.8) is 0 Å². The second kappa shape index (κ2) is 5.62. The molecule has 2 amide bonds. The van der Waals surface area contributed by atoms with Crippen LogP contribution < -0.4 is 10.6 Å². The third-order valence-electron chi connectivity index (χ3n) is 2.63. The van der Waals surface area contributed by atoms with E-state index in [-0.39, 0.29) is 11.8 Å². The number of carbonyl (C=O) groups is 2. The normalized spacial score (nSPS) is 10.0. The highest BCUT2D eigenvalue weighted by Crippen LogP contribution is 2.17. The summed E-state index contributed by atoms with van der Waals surface area (Å²) in [4.78, 5) is 27.3. The van der Waals surface area contributed by atoms with Crippen LogP contribution in [-0.4, -0.2) is 23.8 Å². The molecule has 0 atom stereocenters. The second-order valence-electron chi connectivity index (χ2n) is 3.94. The van der Waals surface area contributed by atoms with Crippen LogP contribution in [-0.2, 0) is 0 Å². The maximum absolute atomic E-state index is 11.9. The van der Waals surface area contributed by atoms with E-state index in [1.807, 2.05) is 6.92 Å². The van der Waals surface area contributed by atoms with Gasteiger partial charge >= 0.3 is 0 Å². The van der Waals surface area contributed by atoms with Crippen molar-refractivity contribution in [1.82, 2.24) is 10.3 Å². The van der Waals surface area contributed by atoms with E-state index in [2.05, 4.69) is 15.6 Å². The van der Waals surface area contributed by atoms with Crippen LogP contribution in [0.25, 0.3) is 0 Å². The molecule has 1 aromatic heterocycles. The fraction of sp³-hybridized carbons (Fsp3) is 0.154. The van der Waals surface area contributed by atoms with Crippen molar-refractivity contribution < 1.29 is 9.59 Å². The van der Waals surface area contributed by atoms with E-state index < -0.39 is 0 Å². The van der Waals surface area contributed by atoms with Crippen molar-refractivity contribution in [3.8, 4) is 0 Å². The number of thiazole rings is 1. The summed E-state index contributed by atoms with van der Waals surface area (Å²) < 4.78 is 0. The van der Waals surface area contributed by atoms with Crippen molar-refractivity contribution >= 4 is 28.8 Å². The number of carbonyl (C=O) groups excluding carboxylic acids is 2. The van der Waals surface area contributed by atoms with Gasteiger partial charge in [-0.05, 0) is 30.7 Å². The molecule has 1 heterocycles. The lowest BCUT2D eigenvalue weighted by Crippen LogP contribution is -2.18. The molecule has 1 aromatic carbocycles. The standard InChI is InChI=1S/C13H13N3O2S/c1-8-5-9(12(17)14-2)3-4-10(8)16-13(18)11-6-19-7-15-11/h3-7H,1-2H3,(H,14,17)(H,16,18). The first-order chi connectivity index (χ1) is 9.11. The molecule has 2 aromatic rings. The Morgan fingerprint density at radius 2 is 2.05 bits per heavy atom. The molecule has 5 nitrogen and oxygen atoms in total. The molecular weight excluding hydrogens is 262 g/mol. The van der Waals surface area contributed by atoms with Crippen LogP contribution in [0.5, 0.6) is 0 Å². The molecule has 6 heteroatoms. The summed E-state index contributed by atoms with van der Waals surface area (Å²) in [7, 11) is 1.58. The van der Waals surface area contributed by atoms with Gasteiger partial charge in [0.1, 0.15) is 5.69 Å². The Labute approximate surface area is 114 Å². The number of aromatic nitrogens is 1. The molecule has 0 fully saturated rings. The number of aryl methyl sites for hydroxylation is 1. The molecule has 2 rings (SSSR count). The average molecular weight is 275 g/mol. The largest absolute Gasteiger partial charge is 0.355 e. The monoisotopic (exact) mass is 275 g/mol. The number of hydrogen-bond acceptors (Lipinski definition) is 4. The van der Waals surface area contributed by atoms with E-state index in [1.54, 1.807) is 36.1 Å². The van der Waals surface area contributed by atoms with Crippen LogP contribution >= 0.6 is 11.3 Å². The summed E-state index contributed by atoms with van der Waals surface area (Å²) in [5.41, 5.74) is 4.05. The number of hydrogen-bond donors (Lipinski definition) is 2. The van der Waals surface area contributed by atoms with Crippen molar-refractivity contribution in [2.45, 2.75) is 6.92 Å². The Morgan fingerprint density at radius 3 is 2.63 bits per heavy atom. The number of anilines is 1. The van der Waals surface area contributed by atoms with Gasteiger partial charge in [-0.3, -0.25) is 9.59 Å². The topological polar surface area (TPSA) is 71.1 Å². The van der Waals surface area contributed by atoms with E-state index in [0.29, 0.717) is 16.9 Å². The number of nitrogens with one attached hydrogen (secondary N) is 2. The number of amides is 2. The van der Waals surface area contributed by atoms with E-state index in [4.69, 9.17) is 0 Å². The quantitative estimate of drug-likeness (QED) is 0.900. The molecule has 0 aliphatic carbocycles. The summed E-state index contributed by atoms with van der Waals surface area (Å²) in [6, 6.07) is 5.11. The predicted octanol–water partition coefficient (Wildman–Crippen LogP) is 2.06. The van der Waals surface area contributed by atoms with Crippen molar-refractivity contribution in [2.75, 3.05) is 12.4 Å². The SMILES string of the molecule is CNC(=O)c1ccc(NC(=O)c2cscn2)c(C)c1. The Bertz CT molecular complexity index is 608. The molecule has 19 heavy (non-hydrogen) atoms. The Balaban J connectivity index is 2.18. The minimum absolute atomic E-state index is 0.152. The molecule has 2 N–H and O–H groups in total. The first-order valence-corrected chi connectivity index (χ1v) is 6.58. The van der Waals surface area contributed by atoms with Crippen LogP contribution in [0.3, 0.4) is 0 Å². The zero-order valence-corrected chi connectivity index (χ0v) is 11.4. The molecule has 0 aliphatic rings. The molecule has 0 spiro atoms. The third-order valence-corrected chi connectivity index (χ3v) is 3.22. The smallest absolute Gasteiger partial charge is 0.275 e. The van der Waals surface area contributed by atoms with Crippen LogP contribution in [0.15, 0.2) is 29.1 Å². The molecule has 0 saturated heterocycles. The Hall–Kier alpha value is -2.21. The highest BCUT2D eigenvalue weighted by atomic mass is 32.1. The lowest BCUT2D eigenvalue weighted by Gasteiger charge is -2.08. The van der Waals surface area contributed by atoms with Crippen molar-refractivity contribution in [3.05, 3.63) is 45.9 Å². The van der Waals surface area contributed by atoms with Gasteiger partial charge in [0, 0.05) is 23.7 Å². The van der Waals surface area contributed by atoms with Gasteiger partial charge in [-0.25, -0.2) is 4.98 Å². The summed E-state index contributed by atoms with van der Waals surface area (Å²) in [5, 5.41) is 7.01. The minimum atomic E-state index is -0.253. The van der Waals surface area contributed by atoms with Crippen LogP contribution in [0, 0.1) is 6.92 Å². The second-order valence-corrected chi connectivity index (χ2v) is 4.66. The fourth-order valence-electron chi connectivity index (χ4n) is 1.60. The van der Waals surface area contributed by atoms with Crippen LogP contribution in [0.1, 0.15) is 26.4 Å². The molecule has 0 unspecified atom stereocenters. The summed E-state index contributed by atoms with van der Waals surface area (Å²) in [6.45, 7) is 1.84. The van der Waals surface area contributed by atoms with Gasteiger partial charge in [0.25, 0.3) is 11.8 Å². The van der Waals surface area contributed by atoms with Crippen LogP contribution in [0.4, 0.5) is 5.69 Å². The number of benzene rings is 1. The predicted molar refractivity (Wildman–Crippen MR) is 74.6 cm³/mol. The molecule has 0 radical (unpaired) electrons. The van der Waals surface area contributed by atoms with E-state index >= 15 is 0 Å². The van der Waals surface area contributed by atoms with Gasteiger partial charge < -0.3 is 10.6 Å². The Morgan fingerprint density at radius 1 is 1.26 bits per heavy atom. The van der Waals surface area contributed by atoms with Gasteiger partial charge in [0.05, 0.1) is 5.51 Å². The average Bonchev–Trinajstić information content (AvgIpc) is 2.94. The van der Waals surface area contributed by atoms with E-state index in [1.165, 1.54) is 11.3 Å². The number of nitrogens with zero attached hydrogens (tertiary/aromatic N) is 1. The minimum Gasteiger partial charge on any atom is -0.355 e. The molecule has 0 bridgehead atoms. The zero-order valence-electron chi connectivity index (χ0n) is 10.6. The molecule has 0 aliphatic heterocycles. The summed E-state index contributed by atoms with van der Waals surface area (Å²) in [5.74, 6) is -0.405. The lowest BCUT2D eigenvalue weighted by atomic mass is 10.1. The summed E-state index contributed by atoms with van der Waals surface area (Å²) in [6.07, 6.45) is 0. The van der Waals surface area contributed by atoms with Crippen molar-refractivity contribution in [1.29, 1.82) is 0 Å². The maximum atomic E-state index is 11.9. The molecular formula is C13H13N3O2S. The fourth-order valence-corrected chi connectivity index (χ4v) is 2.13. The van der Waals surface area contributed by atoms with Gasteiger partial charge in [-0.15, -0.1) is 11.3 Å². The van der Waals surface area contributed by atoms with Gasteiger partial charge in [0.2, 0.25) is 0 Å². The first kappa shape index (κ1) is 13.2. The molecule has 0 saturated carbocycles. The van der Waals surface area contributed by atoms with E-state index in [0.717, 1.165) is 5.56 Å². The van der Waals surface area contributed by atoms with Crippen LogP contribution in [0.2, 0.25) is 0 Å². The molecule has 98 valence electrons. The highest BCUT2D eigenvalue weighted by Gasteiger charge is 2.11. The van der Waals surface area contributed by atoms with Gasteiger partial charge in [0.15, 0.2) is 0 Å². The van der Waals surface area contributed by atoms with Crippen molar-refractivity contribution in [2.24, 2.45) is 0 Å². The first-order valence-electron chi connectivity index (χ1n) is 5.64. The number of rotatable bonds is 3. The zero-order chi connectivity index (χ0) is 13.8. The maximum Gasteiger partial charge on any atom is 0.275 e. The lowest BCUT2D eigenvalue weighted by molar-refractivity contribution is 0.0962. The van der Waals surface area contributed by atoms with E-state index in [9.17, 15) is 9.59 Å².